The lowest BCUT2D eigenvalue weighted by Crippen LogP contribution is -2.44. The van der Waals surface area contributed by atoms with Crippen molar-refractivity contribution in [3.63, 3.8) is 0 Å². The number of piperazine rings is 1. The number of carbonyl (C=O) groups is 2. The van der Waals surface area contributed by atoms with Crippen molar-refractivity contribution in [1.29, 1.82) is 0 Å². The molecule has 2 heterocycles. The Morgan fingerprint density at radius 1 is 1.02 bits per heavy atom. The number of halogens is 1. The van der Waals surface area contributed by atoms with Crippen LogP contribution in [0.4, 0.5) is 11.4 Å². The molecule has 0 saturated carbocycles. The van der Waals surface area contributed by atoms with E-state index in [1.54, 1.807) is 24.3 Å². The monoisotopic (exact) mass is 556 g/mol. The first kappa shape index (κ1) is 27.0. The van der Waals surface area contributed by atoms with E-state index in [0.29, 0.717) is 28.4 Å². The normalized spacial score (nSPS) is 14.2. The SMILES string of the molecule is O=C(C=Cc1cc(Cl)ccc1-n1cnnn1)N[C@@H](Cc1ccccc1)C(=O)Nc1ccc(N2CCNCC2)cc1. The number of nitrogens with one attached hydrogen (secondary N) is 3. The molecule has 1 saturated heterocycles. The number of nitrogens with zero attached hydrogens (tertiary/aromatic N) is 5. The van der Waals surface area contributed by atoms with Crippen LogP contribution < -0.4 is 20.9 Å². The number of benzene rings is 3. The van der Waals surface area contributed by atoms with Gasteiger partial charge in [-0.3, -0.25) is 9.59 Å². The van der Waals surface area contributed by atoms with E-state index >= 15 is 0 Å². The predicted octanol–water partition coefficient (Wildman–Crippen LogP) is 3.10. The fourth-order valence-electron chi connectivity index (χ4n) is 4.49. The molecule has 11 heteroatoms. The van der Waals surface area contributed by atoms with Crippen molar-refractivity contribution in [2.24, 2.45) is 0 Å². The van der Waals surface area contributed by atoms with Gasteiger partial charge < -0.3 is 20.9 Å². The van der Waals surface area contributed by atoms with Crippen molar-refractivity contribution in [3.8, 4) is 5.69 Å². The molecule has 3 N–H and O–H groups in total. The number of aromatic nitrogens is 4. The Bertz CT molecular complexity index is 1450. The third-order valence-corrected chi connectivity index (χ3v) is 6.77. The van der Waals surface area contributed by atoms with Crippen LogP contribution in [-0.2, 0) is 16.0 Å². The van der Waals surface area contributed by atoms with E-state index in [1.807, 2.05) is 54.6 Å². The summed E-state index contributed by atoms with van der Waals surface area (Å²) in [5.74, 6) is -0.731. The molecule has 1 aliphatic heterocycles. The van der Waals surface area contributed by atoms with Crippen molar-refractivity contribution in [1.82, 2.24) is 30.8 Å². The van der Waals surface area contributed by atoms with Gasteiger partial charge in [-0.15, -0.1) is 5.10 Å². The smallest absolute Gasteiger partial charge is 0.247 e. The van der Waals surface area contributed by atoms with Crippen LogP contribution in [0.2, 0.25) is 5.02 Å². The van der Waals surface area contributed by atoms with Crippen molar-refractivity contribution >= 4 is 40.9 Å². The third kappa shape index (κ3) is 7.10. The molecule has 5 rings (SSSR count). The van der Waals surface area contributed by atoms with Crippen LogP contribution in [0.15, 0.2) is 85.2 Å². The van der Waals surface area contributed by atoms with Gasteiger partial charge in [0.05, 0.1) is 5.69 Å². The van der Waals surface area contributed by atoms with Gasteiger partial charge in [0.1, 0.15) is 12.4 Å². The van der Waals surface area contributed by atoms with Gasteiger partial charge in [-0.05, 0) is 64.5 Å². The van der Waals surface area contributed by atoms with E-state index in [-0.39, 0.29) is 5.91 Å². The highest BCUT2D eigenvalue weighted by Crippen LogP contribution is 2.21. The Morgan fingerprint density at radius 2 is 1.80 bits per heavy atom. The average Bonchev–Trinajstić information content (AvgIpc) is 3.52. The minimum absolute atomic E-state index is 0.308. The summed E-state index contributed by atoms with van der Waals surface area (Å²) in [4.78, 5) is 28.7. The number of hydrogen-bond donors (Lipinski definition) is 3. The molecule has 3 aromatic carbocycles. The molecule has 0 unspecified atom stereocenters. The Hall–Kier alpha value is -4.54. The van der Waals surface area contributed by atoms with Gasteiger partial charge in [-0.2, -0.15) is 4.68 Å². The largest absolute Gasteiger partial charge is 0.369 e. The highest BCUT2D eigenvalue weighted by Gasteiger charge is 2.21. The Labute approximate surface area is 237 Å². The minimum atomic E-state index is -0.800. The van der Waals surface area contributed by atoms with Gasteiger partial charge in [-0.1, -0.05) is 41.9 Å². The highest BCUT2D eigenvalue weighted by atomic mass is 35.5. The maximum Gasteiger partial charge on any atom is 0.247 e. The molecule has 0 bridgehead atoms. The first-order valence-corrected chi connectivity index (χ1v) is 13.3. The summed E-state index contributed by atoms with van der Waals surface area (Å²) < 4.78 is 1.48. The Balaban J connectivity index is 1.29. The molecule has 0 spiro atoms. The van der Waals surface area contributed by atoms with Crippen LogP contribution in [0.25, 0.3) is 11.8 Å². The second kappa shape index (κ2) is 13.0. The first-order chi connectivity index (χ1) is 19.5. The lowest BCUT2D eigenvalue weighted by atomic mass is 10.0. The maximum absolute atomic E-state index is 13.4. The number of rotatable bonds is 9. The topological polar surface area (TPSA) is 117 Å². The van der Waals surface area contributed by atoms with Crippen molar-refractivity contribution < 1.29 is 9.59 Å². The van der Waals surface area contributed by atoms with Gasteiger partial charge >= 0.3 is 0 Å². The molecular formula is C29H29ClN8O2. The van der Waals surface area contributed by atoms with E-state index in [2.05, 4.69) is 36.4 Å². The van der Waals surface area contributed by atoms with Crippen LogP contribution >= 0.6 is 11.6 Å². The van der Waals surface area contributed by atoms with Gasteiger partial charge in [0, 0.05) is 60.6 Å². The molecule has 1 fully saturated rings. The van der Waals surface area contributed by atoms with Crippen LogP contribution in [-0.4, -0.2) is 64.2 Å². The average molecular weight is 557 g/mol. The second-order valence-corrected chi connectivity index (χ2v) is 9.75. The fourth-order valence-corrected chi connectivity index (χ4v) is 4.67. The lowest BCUT2D eigenvalue weighted by Gasteiger charge is -2.29. The van der Waals surface area contributed by atoms with Crippen molar-refractivity contribution in [2.45, 2.75) is 12.5 Å². The quantitative estimate of drug-likeness (QED) is 0.271. The van der Waals surface area contributed by atoms with Crippen LogP contribution in [0.3, 0.4) is 0 Å². The lowest BCUT2D eigenvalue weighted by molar-refractivity contribution is -0.123. The summed E-state index contributed by atoms with van der Waals surface area (Å²) in [6.07, 6.45) is 4.77. The van der Waals surface area contributed by atoms with Gasteiger partial charge in [0.25, 0.3) is 0 Å². The summed E-state index contributed by atoms with van der Waals surface area (Å²) in [6, 6.07) is 21.7. The molecule has 4 aromatic rings. The van der Waals surface area contributed by atoms with E-state index in [9.17, 15) is 9.59 Å². The highest BCUT2D eigenvalue weighted by molar-refractivity contribution is 6.30. The molecular weight excluding hydrogens is 528 g/mol. The third-order valence-electron chi connectivity index (χ3n) is 6.53. The van der Waals surface area contributed by atoms with Gasteiger partial charge in [-0.25, -0.2) is 0 Å². The molecule has 10 nitrogen and oxygen atoms in total. The zero-order valence-electron chi connectivity index (χ0n) is 21.7. The Morgan fingerprint density at radius 3 is 2.52 bits per heavy atom. The molecule has 1 aliphatic rings. The standard InChI is InChI=1S/C29H29ClN8O2/c30-23-7-12-27(38-20-32-35-36-38)22(19-23)6-13-28(39)34-26(18-21-4-2-1-3-5-21)29(40)33-24-8-10-25(11-9-24)37-16-14-31-15-17-37/h1-13,19-20,26,31H,14-18H2,(H,33,40)(H,34,39)/t26-/m0/s1. The fraction of sp³-hybridized carbons (Fsp3) is 0.207. The molecule has 204 valence electrons. The zero-order chi connectivity index (χ0) is 27.7. The summed E-state index contributed by atoms with van der Waals surface area (Å²) >= 11 is 6.19. The van der Waals surface area contributed by atoms with E-state index in [1.165, 1.54) is 17.1 Å². The molecule has 40 heavy (non-hydrogen) atoms. The van der Waals surface area contributed by atoms with Crippen LogP contribution in [0.5, 0.6) is 0 Å². The van der Waals surface area contributed by atoms with Crippen molar-refractivity contribution in [3.05, 3.63) is 101 Å². The predicted molar refractivity (Wildman–Crippen MR) is 155 cm³/mol. The number of tetrazole rings is 1. The number of carbonyl (C=O) groups excluding carboxylic acids is 2. The summed E-state index contributed by atoms with van der Waals surface area (Å²) in [5, 5.41) is 20.9. The van der Waals surface area contributed by atoms with E-state index in [0.717, 1.165) is 37.4 Å². The number of hydrogen-bond acceptors (Lipinski definition) is 7. The van der Waals surface area contributed by atoms with Crippen LogP contribution in [0, 0.1) is 0 Å². The summed E-state index contributed by atoms with van der Waals surface area (Å²) in [7, 11) is 0. The molecule has 0 aliphatic carbocycles. The number of amides is 2. The van der Waals surface area contributed by atoms with E-state index in [4.69, 9.17) is 11.6 Å². The minimum Gasteiger partial charge on any atom is -0.369 e. The zero-order valence-corrected chi connectivity index (χ0v) is 22.5. The maximum atomic E-state index is 13.4. The molecule has 2 amide bonds. The van der Waals surface area contributed by atoms with Crippen LogP contribution in [0.1, 0.15) is 11.1 Å². The Kier molecular flexibility index (Phi) is 8.79. The van der Waals surface area contributed by atoms with Crippen molar-refractivity contribution in [2.75, 3.05) is 36.4 Å². The van der Waals surface area contributed by atoms with Gasteiger partial charge in [0.15, 0.2) is 0 Å². The summed E-state index contributed by atoms with van der Waals surface area (Å²) in [5.41, 5.74) is 4.00. The molecule has 1 atom stereocenters. The second-order valence-electron chi connectivity index (χ2n) is 9.31. The number of anilines is 2. The van der Waals surface area contributed by atoms with Gasteiger partial charge in [0.2, 0.25) is 11.8 Å². The first-order valence-electron chi connectivity index (χ1n) is 13.0. The molecule has 0 radical (unpaired) electrons. The van der Waals surface area contributed by atoms with E-state index < -0.39 is 11.9 Å². The summed E-state index contributed by atoms with van der Waals surface area (Å²) in [6.45, 7) is 3.78. The molecule has 1 aromatic heterocycles.